The Bertz CT molecular complexity index is 805. The van der Waals surface area contributed by atoms with E-state index in [2.05, 4.69) is 38.5 Å². The fourth-order valence-corrected chi connectivity index (χ4v) is 3.71. The van der Waals surface area contributed by atoms with Crippen molar-refractivity contribution in [2.24, 2.45) is 5.92 Å². The van der Waals surface area contributed by atoms with E-state index in [4.69, 9.17) is 16.3 Å². The average molecular weight is 453 g/mol. The zero-order valence-corrected chi connectivity index (χ0v) is 17.7. The van der Waals surface area contributed by atoms with Crippen molar-refractivity contribution in [1.29, 1.82) is 0 Å². The first-order valence-corrected chi connectivity index (χ1v) is 10.1. The summed E-state index contributed by atoms with van der Waals surface area (Å²) in [5.74, 6) is 1.76. The summed E-state index contributed by atoms with van der Waals surface area (Å²) in [6.45, 7) is 3.42. The van der Waals surface area contributed by atoms with Gasteiger partial charge in [0, 0.05) is 22.2 Å². The van der Waals surface area contributed by atoms with E-state index in [1.807, 2.05) is 12.1 Å². The first kappa shape index (κ1) is 20.1. The van der Waals surface area contributed by atoms with Crippen LogP contribution in [0.3, 0.4) is 0 Å². The highest BCUT2D eigenvalue weighted by Crippen LogP contribution is 2.32. The highest BCUT2D eigenvalue weighted by atomic mass is 79.9. The van der Waals surface area contributed by atoms with Crippen molar-refractivity contribution >= 4 is 39.1 Å². The van der Waals surface area contributed by atoms with E-state index in [0.29, 0.717) is 28.8 Å². The number of hydrogen-bond donors (Lipinski definition) is 2. The minimum atomic E-state index is -0.720. The van der Waals surface area contributed by atoms with E-state index in [0.717, 1.165) is 29.7 Å². The smallest absolute Gasteiger partial charge is 0.188 e. The largest absolute Gasteiger partial charge is 0.496 e. The Morgan fingerprint density at radius 1 is 1.44 bits per heavy atom. The first-order chi connectivity index (χ1) is 12.9. The Morgan fingerprint density at radius 2 is 2.26 bits per heavy atom. The molecule has 1 aromatic carbocycles. The van der Waals surface area contributed by atoms with Gasteiger partial charge in [0.2, 0.25) is 0 Å². The highest BCUT2D eigenvalue weighted by molar-refractivity contribution is 9.10. The Morgan fingerprint density at radius 3 is 2.89 bits per heavy atom. The Kier molecular flexibility index (Phi) is 6.40. The minimum Gasteiger partial charge on any atom is -0.496 e. The Hall–Kier alpha value is -1.63. The van der Waals surface area contributed by atoms with Gasteiger partial charge in [-0.1, -0.05) is 18.5 Å². The van der Waals surface area contributed by atoms with Crippen LogP contribution >= 0.6 is 27.5 Å². The van der Waals surface area contributed by atoms with Crippen LogP contribution in [0.2, 0.25) is 5.02 Å². The summed E-state index contributed by atoms with van der Waals surface area (Å²) in [6, 6.07) is 8.94. The fourth-order valence-electron chi connectivity index (χ4n) is 3.31. The van der Waals surface area contributed by atoms with Crippen molar-refractivity contribution in [1.82, 2.24) is 10.3 Å². The van der Waals surface area contributed by atoms with Crippen LogP contribution in [0.1, 0.15) is 30.1 Å². The van der Waals surface area contributed by atoms with Gasteiger partial charge in [0.1, 0.15) is 11.6 Å². The zero-order chi connectivity index (χ0) is 19.4. The summed E-state index contributed by atoms with van der Waals surface area (Å²) in [5, 5.41) is 7.35. The highest BCUT2D eigenvalue weighted by Gasteiger charge is 2.42. The summed E-state index contributed by atoms with van der Waals surface area (Å²) in [7, 11) is 1.55. The molecular weight excluding hydrogens is 430 g/mol. The lowest BCUT2D eigenvalue weighted by atomic mass is 9.79. The van der Waals surface area contributed by atoms with Crippen LogP contribution < -0.4 is 15.4 Å². The maximum absolute atomic E-state index is 13.5. The van der Waals surface area contributed by atoms with E-state index in [9.17, 15) is 4.79 Å². The molecule has 2 atom stereocenters. The SMILES string of the molecule is COc1cc(Cl)ccc1C(=O)[C@@]1(CNc2ccc(Br)cn2)CC[C@H](C)CN1. The molecule has 27 heavy (non-hydrogen) atoms. The molecule has 144 valence electrons. The third kappa shape index (κ3) is 4.62. The molecule has 0 amide bonds. The van der Waals surface area contributed by atoms with Crippen LogP contribution in [0.25, 0.3) is 0 Å². The average Bonchev–Trinajstić information content (AvgIpc) is 2.68. The van der Waals surface area contributed by atoms with E-state index in [1.54, 1.807) is 31.5 Å². The van der Waals surface area contributed by atoms with Crippen LogP contribution in [-0.2, 0) is 0 Å². The molecule has 0 bridgehead atoms. The molecule has 0 aliphatic carbocycles. The zero-order valence-electron chi connectivity index (χ0n) is 15.4. The minimum absolute atomic E-state index is 0.00697. The van der Waals surface area contributed by atoms with Gasteiger partial charge in [-0.05, 0) is 71.6 Å². The number of benzene rings is 1. The third-order valence-electron chi connectivity index (χ3n) is 4.99. The number of piperidine rings is 1. The maximum Gasteiger partial charge on any atom is 0.188 e. The summed E-state index contributed by atoms with van der Waals surface area (Å²) in [4.78, 5) is 17.9. The van der Waals surface area contributed by atoms with Gasteiger partial charge in [0.05, 0.1) is 18.2 Å². The molecule has 3 rings (SSSR count). The lowest BCUT2D eigenvalue weighted by Crippen LogP contribution is -2.60. The molecule has 2 aromatic rings. The molecule has 1 aliphatic heterocycles. The van der Waals surface area contributed by atoms with Crippen LogP contribution in [0.4, 0.5) is 5.82 Å². The van der Waals surface area contributed by atoms with Crippen LogP contribution in [0.15, 0.2) is 41.0 Å². The Balaban J connectivity index is 1.88. The molecule has 5 nitrogen and oxygen atoms in total. The number of ether oxygens (including phenoxy) is 1. The predicted octanol–water partition coefficient (Wildman–Crippen LogP) is 4.56. The summed E-state index contributed by atoms with van der Waals surface area (Å²) in [5.41, 5.74) is -0.183. The molecule has 0 saturated carbocycles. The molecule has 2 heterocycles. The standard InChI is InChI=1S/C20H23BrClN3O2/c1-13-7-8-20(25-10-13,12-24-18-6-3-14(21)11-23-18)19(26)16-5-4-15(22)9-17(16)27-2/h3-6,9,11,13,25H,7-8,10,12H2,1-2H3,(H,23,24)/t13-,20-/m0/s1. The van der Waals surface area contributed by atoms with Gasteiger partial charge in [0.25, 0.3) is 0 Å². The topological polar surface area (TPSA) is 63.2 Å². The molecule has 0 spiro atoms. The third-order valence-corrected chi connectivity index (χ3v) is 5.70. The number of nitrogens with zero attached hydrogens (tertiary/aromatic N) is 1. The normalized spacial score (nSPS) is 22.3. The lowest BCUT2D eigenvalue weighted by molar-refractivity contribution is 0.0803. The van der Waals surface area contributed by atoms with Crippen LogP contribution in [-0.4, -0.2) is 36.5 Å². The van der Waals surface area contributed by atoms with E-state index in [-0.39, 0.29) is 5.78 Å². The lowest BCUT2D eigenvalue weighted by Gasteiger charge is -2.39. The predicted molar refractivity (Wildman–Crippen MR) is 112 cm³/mol. The molecule has 1 saturated heterocycles. The molecule has 0 unspecified atom stereocenters. The number of methoxy groups -OCH3 is 1. The van der Waals surface area contributed by atoms with Crippen molar-refractivity contribution in [2.45, 2.75) is 25.3 Å². The van der Waals surface area contributed by atoms with Gasteiger partial charge in [0.15, 0.2) is 5.78 Å². The monoisotopic (exact) mass is 451 g/mol. The summed E-state index contributed by atoms with van der Waals surface area (Å²) >= 11 is 9.45. The van der Waals surface area contributed by atoms with Crippen molar-refractivity contribution in [3.63, 3.8) is 0 Å². The van der Waals surface area contributed by atoms with E-state index < -0.39 is 5.54 Å². The second-order valence-electron chi connectivity index (χ2n) is 7.00. The number of Topliss-reactive ketones (excluding diaryl/α,β-unsaturated/α-hetero) is 1. The molecule has 1 aliphatic rings. The first-order valence-electron chi connectivity index (χ1n) is 8.92. The second kappa shape index (κ2) is 8.59. The van der Waals surface area contributed by atoms with E-state index in [1.165, 1.54) is 0 Å². The van der Waals surface area contributed by atoms with Crippen molar-refractivity contribution < 1.29 is 9.53 Å². The number of hydrogen-bond acceptors (Lipinski definition) is 5. The fraction of sp³-hybridized carbons (Fsp3) is 0.400. The molecule has 2 N–H and O–H groups in total. The van der Waals surface area contributed by atoms with Crippen LogP contribution in [0.5, 0.6) is 5.75 Å². The number of halogens is 2. The molecule has 1 aromatic heterocycles. The van der Waals surface area contributed by atoms with Crippen molar-refractivity contribution in [3.05, 3.63) is 51.6 Å². The molecule has 7 heteroatoms. The quantitative estimate of drug-likeness (QED) is 0.629. The number of rotatable bonds is 6. The number of carbonyl (C=O) groups excluding carboxylic acids is 1. The maximum atomic E-state index is 13.5. The number of nitrogens with one attached hydrogen (secondary N) is 2. The van der Waals surface area contributed by atoms with Crippen LogP contribution in [0, 0.1) is 5.92 Å². The van der Waals surface area contributed by atoms with Crippen molar-refractivity contribution in [3.8, 4) is 5.75 Å². The number of ketones is 1. The number of carbonyl (C=O) groups is 1. The van der Waals surface area contributed by atoms with Gasteiger partial charge in [-0.3, -0.25) is 4.79 Å². The molecular formula is C20H23BrClN3O2. The van der Waals surface area contributed by atoms with Gasteiger partial charge in [-0.2, -0.15) is 0 Å². The number of pyridine rings is 1. The summed E-state index contributed by atoms with van der Waals surface area (Å²) < 4.78 is 6.32. The van der Waals surface area contributed by atoms with Gasteiger partial charge < -0.3 is 15.4 Å². The molecule has 0 radical (unpaired) electrons. The summed E-state index contributed by atoms with van der Waals surface area (Å²) in [6.07, 6.45) is 3.45. The number of anilines is 1. The van der Waals surface area contributed by atoms with Gasteiger partial charge >= 0.3 is 0 Å². The van der Waals surface area contributed by atoms with Gasteiger partial charge in [-0.25, -0.2) is 4.98 Å². The molecule has 1 fully saturated rings. The van der Waals surface area contributed by atoms with Gasteiger partial charge in [-0.15, -0.1) is 0 Å². The number of aromatic nitrogens is 1. The van der Waals surface area contributed by atoms with E-state index >= 15 is 0 Å². The Labute approximate surface area is 173 Å². The second-order valence-corrected chi connectivity index (χ2v) is 8.35. The van der Waals surface area contributed by atoms with Crippen molar-refractivity contribution in [2.75, 3.05) is 25.5 Å².